The van der Waals surface area contributed by atoms with Gasteiger partial charge in [-0.2, -0.15) is 9.97 Å². The van der Waals surface area contributed by atoms with Crippen molar-refractivity contribution in [3.63, 3.8) is 0 Å². The highest BCUT2D eigenvalue weighted by Gasteiger charge is 2.24. The highest BCUT2D eigenvalue weighted by Crippen LogP contribution is 2.32. The van der Waals surface area contributed by atoms with Crippen molar-refractivity contribution < 1.29 is 23.8 Å². The number of hydrogen-bond acceptors (Lipinski definition) is 10. The maximum Gasteiger partial charge on any atom is 0.312 e. The number of esters is 1. The average Bonchev–Trinajstić information content (AvgIpc) is 3.66. The second-order valence-electron chi connectivity index (χ2n) is 12.1. The molecule has 2 aromatic heterocycles. The molecule has 1 atom stereocenters. The molecule has 0 bridgehead atoms. The molecule has 0 saturated carbocycles. The van der Waals surface area contributed by atoms with E-state index in [0.29, 0.717) is 34.5 Å². The van der Waals surface area contributed by atoms with Crippen molar-refractivity contribution >= 4 is 45.9 Å². The van der Waals surface area contributed by atoms with Crippen molar-refractivity contribution in [2.24, 2.45) is 5.41 Å². The van der Waals surface area contributed by atoms with Gasteiger partial charge >= 0.3 is 5.97 Å². The number of nitrogens with zero attached hydrogens (tertiary/aromatic N) is 4. The molecular weight excluding hydrogens is 586 g/mol. The smallest absolute Gasteiger partial charge is 0.312 e. The molecule has 4 aromatic rings. The molecular formula is C34H41N7O5. The van der Waals surface area contributed by atoms with Gasteiger partial charge in [0.05, 0.1) is 17.4 Å². The van der Waals surface area contributed by atoms with Gasteiger partial charge in [-0.05, 0) is 75.7 Å². The average molecular weight is 628 g/mol. The van der Waals surface area contributed by atoms with Gasteiger partial charge in [0.2, 0.25) is 17.7 Å². The highest BCUT2D eigenvalue weighted by atomic mass is 16.5. The number of likely N-dealkylation sites (tertiary alicyclic amines) is 1. The number of amides is 1. The van der Waals surface area contributed by atoms with Crippen molar-refractivity contribution in [2.75, 3.05) is 49.3 Å². The molecule has 0 unspecified atom stereocenters. The van der Waals surface area contributed by atoms with Gasteiger partial charge in [-0.3, -0.25) is 19.1 Å². The summed E-state index contributed by atoms with van der Waals surface area (Å²) in [6.07, 6.45) is 4.05. The van der Waals surface area contributed by atoms with Crippen LogP contribution in [0.25, 0.3) is 11.0 Å². The highest BCUT2D eigenvalue weighted by molar-refractivity contribution is 5.99. The molecule has 1 saturated heterocycles. The van der Waals surface area contributed by atoms with Crippen LogP contribution < -0.4 is 20.7 Å². The van der Waals surface area contributed by atoms with Crippen LogP contribution in [0.15, 0.2) is 73.4 Å². The number of nitrogens with one attached hydrogen (secondary N) is 3. The third-order valence-corrected chi connectivity index (χ3v) is 7.43. The van der Waals surface area contributed by atoms with Crippen molar-refractivity contribution in [1.82, 2.24) is 19.4 Å². The van der Waals surface area contributed by atoms with Gasteiger partial charge in [-0.15, -0.1) is 0 Å². The predicted octanol–water partition coefficient (Wildman–Crippen LogP) is 5.77. The molecule has 1 aliphatic heterocycles. The number of benzene rings is 2. The fourth-order valence-corrected chi connectivity index (χ4v) is 4.95. The Hall–Kier alpha value is -4.94. The maximum atomic E-state index is 12.5. The molecule has 46 heavy (non-hydrogen) atoms. The molecule has 0 aliphatic carbocycles. The van der Waals surface area contributed by atoms with Gasteiger partial charge in [0.15, 0.2) is 12.4 Å². The van der Waals surface area contributed by atoms with E-state index in [4.69, 9.17) is 19.2 Å². The van der Waals surface area contributed by atoms with E-state index in [1.54, 1.807) is 62.9 Å². The second kappa shape index (κ2) is 14.4. The Labute approximate surface area is 268 Å². The van der Waals surface area contributed by atoms with E-state index in [2.05, 4.69) is 32.4 Å². The van der Waals surface area contributed by atoms with Crippen LogP contribution in [0.1, 0.15) is 27.2 Å². The number of carbonyl (C=O) groups excluding carboxylic acids is 2. The number of methoxy groups -OCH3 is 1. The molecule has 2 aromatic carbocycles. The van der Waals surface area contributed by atoms with Gasteiger partial charge in [-0.1, -0.05) is 12.6 Å². The van der Waals surface area contributed by atoms with Crippen molar-refractivity contribution in [2.45, 2.75) is 40.0 Å². The van der Waals surface area contributed by atoms with E-state index >= 15 is 0 Å². The molecule has 0 spiro atoms. The van der Waals surface area contributed by atoms with Gasteiger partial charge in [0.1, 0.15) is 5.75 Å². The first-order chi connectivity index (χ1) is 22.1. The van der Waals surface area contributed by atoms with E-state index < -0.39 is 5.41 Å². The van der Waals surface area contributed by atoms with Crippen molar-refractivity contribution in [3.05, 3.63) is 73.4 Å². The van der Waals surface area contributed by atoms with Crippen LogP contribution in [-0.4, -0.2) is 70.7 Å². The summed E-state index contributed by atoms with van der Waals surface area (Å²) in [6.45, 7) is 12.6. The minimum atomic E-state index is -0.646. The number of carbonyl (C=O) groups is 2. The number of rotatable bonds is 13. The molecule has 1 aliphatic rings. The maximum absolute atomic E-state index is 12.5. The summed E-state index contributed by atoms with van der Waals surface area (Å²) in [7, 11) is 1.73. The molecule has 3 heterocycles. The Morgan fingerprint density at radius 1 is 1.07 bits per heavy atom. The third-order valence-electron chi connectivity index (χ3n) is 7.43. The van der Waals surface area contributed by atoms with Crippen LogP contribution in [-0.2, 0) is 25.8 Å². The summed E-state index contributed by atoms with van der Waals surface area (Å²) >= 11 is 0. The lowest BCUT2D eigenvalue weighted by Crippen LogP contribution is -2.28. The molecule has 242 valence electrons. The standard InChI is InChI=1S/C34H41N7O5/c1-6-29(42)36-25-8-7-9-27(20-25)46-31-28-15-17-41(22-45-32(43)34(2,3)4)30(28)38-33(39-31)37-24-12-10-23(11-13-24)35-26-14-16-40(21-26)18-19-44-5/h6-13,15,17,20,26,35H,1,14,16,18-19,21-22H2,2-5H3,(H,36,42)(H,37,38,39)/t26-/m0/s1. The van der Waals surface area contributed by atoms with Crippen LogP contribution in [0.3, 0.4) is 0 Å². The molecule has 3 N–H and O–H groups in total. The Bertz CT molecular complexity index is 1680. The molecule has 12 nitrogen and oxygen atoms in total. The molecule has 0 radical (unpaired) electrons. The van der Waals surface area contributed by atoms with Crippen LogP contribution >= 0.6 is 0 Å². The lowest BCUT2D eigenvalue weighted by atomic mass is 9.98. The molecule has 5 rings (SSSR count). The quantitative estimate of drug-likeness (QED) is 0.124. The Morgan fingerprint density at radius 2 is 1.85 bits per heavy atom. The van der Waals surface area contributed by atoms with E-state index in [0.717, 1.165) is 44.0 Å². The van der Waals surface area contributed by atoms with Crippen LogP contribution in [0.5, 0.6) is 11.6 Å². The lowest BCUT2D eigenvalue weighted by Gasteiger charge is -2.17. The lowest BCUT2D eigenvalue weighted by molar-refractivity contribution is -0.156. The normalized spacial score (nSPS) is 15.0. The minimum absolute atomic E-state index is 0.0248. The van der Waals surface area contributed by atoms with Crippen molar-refractivity contribution in [3.8, 4) is 11.6 Å². The van der Waals surface area contributed by atoms with Gasteiger partial charge in [0.25, 0.3) is 0 Å². The first-order valence-corrected chi connectivity index (χ1v) is 15.2. The fourth-order valence-electron chi connectivity index (χ4n) is 4.95. The first-order valence-electron chi connectivity index (χ1n) is 15.2. The SMILES string of the molecule is C=CC(=O)Nc1cccc(Oc2nc(Nc3ccc(N[C@H]4CCN(CCOC)C4)cc3)nc3c2ccn3COC(=O)C(C)(C)C)c1. The van der Waals surface area contributed by atoms with E-state index in [-0.39, 0.29) is 24.5 Å². The number of ether oxygens (including phenoxy) is 3. The number of aromatic nitrogens is 3. The largest absolute Gasteiger partial charge is 0.443 e. The number of fused-ring (bicyclic) bond motifs is 1. The van der Waals surface area contributed by atoms with Gasteiger partial charge in [0, 0.05) is 62.1 Å². The summed E-state index contributed by atoms with van der Waals surface area (Å²) in [5.74, 6) is 0.390. The van der Waals surface area contributed by atoms with Crippen LogP contribution in [0, 0.1) is 5.41 Å². The second-order valence-corrected chi connectivity index (χ2v) is 12.1. The zero-order chi connectivity index (χ0) is 32.7. The zero-order valence-corrected chi connectivity index (χ0v) is 26.7. The first kappa shape index (κ1) is 32.5. The molecule has 1 amide bonds. The minimum Gasteiger partial charge on any atom is -0.443 e. The summed E-state index contributed by atoms with van der Waals surface area (Å²) < 4.78 is 18.7. The fraction of sp³-hybridized carbons (Fsp3) is 0.353. The summed E-state index contributed by atoms with van der Waals surface area (Å²) in [4.78, 5) is 36.1. The van der Waals surface area contributed by atoms with E-state index in [1.807, 2.05) is 30.3 Å². The van der Waals surface area contributed by atoms with Crippen molar-refractivity contribution in [1.29, 1.82) is 0 Å². The van der Waals surface area contributed by atoms with E-state index in [1.165, 1.54) is 6.08 Å². The van der Waals surface area contributed by atoms with Gasteiger partial charge in [-0.25, -0.2) is 0 Å². The summed E-state index contributed by atoms with van der Waals surface area (Å²) in [5.41, 5.74) is 2.24. The van der Waals surface area contributed by atoms with E-state index in [9.17, 15) is 9.59 Å². The monoisotopic (exact) mass is 627 g/mol. The summed E-state index contributed by atoms with van der Waals surface area (Å²) in [6, 6.07) is 17.1. The summed E-state index contributed by atoms with van der Waals surface area (Å²) in [5, 5.41) is 10.3. The van der Waals surface area contributed by atoms with Gasteiger partial charge < -0.3 is 30.2 Å². The number of anilines is 4. The molecule has 1 fully saturated rings. The number of hydrogen-bond donors (Lipinski definition) is 3. The van der Waals surface area contributed by atoms with Crippen LogP contribution in [0.4, 0.5) is 23.0 Å². The Balaban J connectivity index is 1.37. The third kappa shape index (κ3) is 8.40. The Morgan fingerprint density at radius 3 is 2.59 bits per heavy atom. The van der Waals surface area contributed by atoms with Crippen LogP contribution in [0.2, 0.25) is 0 Å². The zero-order valence-electron chi connectivity index (χ0n) is 26.7. The topological polar surface area (TPSA) is 132 Å². The predicted molar refractivity (Wildman–Crippen MR) is 178 cm³/mol. The Kier molecular flexibility index (Phi) is 10.2. The molecule has 12 heteroatoms.